The molecule has 19 heavy (non-hydrogen) atoms. The van der Waals surface area contributed by atoms with Crippen molar-refractivity contribution < 1.29 is 19.1 Å². The molecule has 0 rings (SSSR count). The number of rotatable bonds is 0. The van der Waals surface area contributed by atoms with Gasteiger partial charge < -0.3 is 14.8 Å². The summed E-state index contributed by atoms with van der Waals surface area (Å²) in [4.78, 5) is 26.4. The van der Waals surface area contributed by atoms with Crippen LogP contribution in [0.3, 0.4) is 0 Å². The van der Waals surface area contributed by atoms with Gasteiger partial charge >= 0.3 is 12.2 Å². The van der Waals surface area contributed by atoms with Crippen molar-refractivity contribution in [3.05, 3.63) is 7.05 Å². The minimum atomic E-state index is -0.838. The van der Waals surface area contributed by atoms with Crippen LogP contribution in [0.4, 0.5) is 9.59 Å². The SMILES string of the molecule is [CH2]N/C(=N\C(=O)OC(C)(C)C)NC(=O)OC(C)(C)C. The van der Waals surface area contributed by atoms with E-state index in [1.807, 2.05) is 0 Å². The number of guanidine groups is 1. The Morgan fingerprint density at radius 2 is 1.47 bits per heavy atom. The lowest BCUT2D eigenvalue weighted by Gasteiger charge is -2.20. The number of ether oxygens (including phenoxy) is 2. The molecule has 7 heteroatoms. The van der Waals surface area contributed by atoms with Crippen LogP contribution in [-0.2, 0) is 9.47 Å². The van der Waals surface area contributed by atoms with Crippen molar-refractivity contribution in [3.63, 3.8) is 0 Å². The highest BCUT2D eigenvalue weighted by Gasteiger charge is 2.19. The second-order valence-electron chi connectivity index (χ2n) is 5.74. The summed E-state index contributed by atoms with van der Waals surface area (Å²) in [5.41, 5.74) is -1.32. The lowest BCUT2D eigenvalue weighted by atomic mass is 10.2. The summed E-state index contributed by atoms with van der Waals surface area (Å²) in [6.45, 7) is 10.3. The molecule has 0 aromatic heterocycles. The van der Waals surface area contributed by atoms with Crippen LogP contribution in [0.2, 0.25) is 0 Å². The van der Waals surface area contributed by atoms with Gasteiger partial charge in [-0.15, -0.1) is 4.99 Å². The van der Waals surface area contributed by atoms with Crippen LogP contribution in [0.25, 0.3) is 0 Å². The first kappa shape index (κ1) is 17.2. The van der Waals surface area contributed by atoms with Crippen molar-refractivity contribution in [3.8, 4) is 0 Å². The quantitative estimate of drug-likeness (QED) is 0.521. The molecule has 0 aromatic rings. The van der Waals surface area contributed by atoms with E-state index in [2.05, 4.69) is 22.7 Å². The molecule has 0 aliphatic carbocycles. The fraction of sp³-hybridized carbons (Fsp3) is 0.667. The van der Waals surface area contributed by atoms with E-state index in [-0.39, 0.29) is 5.96 Å². The third-order valence-electron chi connectivity index (χ3n) is 1.38. The molecule has 0 aromatic carbocycles. The van der Waals surface area contributed by atoms with Crippen molar-refractivity contribution >= 4 is 18.1 Å². The van der Waals surface area contributed by atoms with E-state index in [0.29, 0.717) is 0 Å². The zero-order valence-corrected chi connectivity index (χ0v) is 12.3. The zero-order chi connectivity index (χ0) is 15.3. The standard InChI is InChI=1S/C12H22N3O4/c1-11(2,3)18-9(16)14-8(13-7)15-10(17)19-12(4,5)6/h7H2,1-6H3,(H2,13,14,15,16,17). The first-order valence-corrected chi connectivity index (χ1v) is 5.78. The zero-order valence-electron chi connectivity index (χ0n) is 12.3. The average molecular weight is 272 g/mol. The van der Waals surface area contributed by atoms with E-state index < -0.39 is 23.4 Å². The number of carbonyl (C=O) groups excluding carboxylic acids is 2. The maximum absolute atomic E-state index is 11.5. The van der Waals surface area contributed by atoms with Crippen molar-refractivity contribution in [2.45, 2.75) is 52.7 Å². The second-order valence-corrected chi connectivity index (χ2v) is 5.74. The van der Waals surface area contributed by atoms with Crippen LogP contribution in [-0.4, -0.2) is 29.3 Å². The summed E-state index contributed by atoms with van der Waals surface area (Å²) in [5, 5.41) is 4.58. The summed E-state index contributed by atoms with van der Waals surface area (Å²) < 4.78 is 9.97. The average Bonchev–Trinajstić information content (AvgIpc) is 2.10. The molecule has 0 fully saturated rings. The Morgan fingerprint density at radius 1 is 1.00 bits per heavy atom. The Labute approximate surface area is 113 Å². The van der Waals surface area contributed by atoms with Crippen LogP contribution in [0.1, 0.15) is 41.5 Å². The number of hydrogen-bond donors (Lipinski definition) is 2. The van der Waals surface area contributed by atoms with Gasteiger partial charge in [0.15, 0.2) is 0 Å². The minimum absolute atomic E-state index is 0.150. The fourth-order valence-corrected chi connectivity index (χ4v) is 0.888. The molecule has 2 N–H and O–H groups in total. The number of amides is 2. The molecular weight excluding hydrogens is 250 g/mol. The molecule has 7 nitrogen and oxygen atoms in total. The Hall–Kier alpha value is -1.79. The maximum Gasteiger partial charge on any atom is 0.437 e. The number of nitrogens with zero attached hydrogens (tertiary/aromatic N) is 1. The highest BCUT2D eigenvalue weighted by Crippen LogP contribution is 2.08. The van der Waals surface area contributed by atoms with Crippen LogP contribution in [0.15, 0.2) is 4.99 Å². The maximum atomic E-state index is 11.5. The van der Waals surface area contributed by atoms with Crippen LogP contribution in [0.5, 0.6) is 0 Å². The molecule has 0 heterocycles. The van der Waals surface area contributed by atoms with E-state index in [0.717, 1.165) is 0 Å². The molecule has 0 saturated carbocycles. The molecule has 0 aliphatic heterocycles. The van der Waals surface area contributed by atoms with Crippen molar-refractivity contribution in [2.24, 2.45) is 4.99 Å². The first-order chi connectivity index (χ1) is 8.43. The van der Waals surface area contributed by atoms with Crippen molar-refractivity contribution in [1.29, 1.82) is 0 Å². The van der Waals surface area contributed by atoms with Gasteiger partial charge in [0, 0.05) is 7.05 Å². The molecule has 0 spiro atoms. The van der Waals surface area contributed by atoms with Gasteiger partial charge in [-0.1, -0.05) is 0 Å². The Balaban J connectivity index is 4.58. The molecule has 0 saturated heterocycles. The van der Waals surface area contributed by atoms with Crippen LogP contribution in [0, 0.1) is 7.05 Å². The van der Waals surface area contributed by atoms with E-state index in [1.54, 1.807) is 41.5 Å². The summed E-state index contributed by atoms with van der Waals surface area (Å²) in [5.74, 6) is -0.150. The number of nitrogens with one attached hydrogen (secondary N) is 2. The van der Waals surface area contributed by atoms with Gasteiger partial charge in [-0.2, -0.15) is 0 Å². The Kier molecular flexibility index (Phi) is 5.80. The largest absolute Gasteiger partial charge is 0.444 e. The number of hydrogen-bond acceptors (Lipinski definition) is 4. The van der Waals surface area contributed by atoms with Gasteiger partial charge in [0.25, 0.3) is 0 Å². The molecule has 0 atom stereocenters. The number of carbonyl (C=O) groups is 2. The number of alkyl carbamates (subject to hydrolysis) is 1. The summed E-state index contributed by atoms with van der Waals surface area (Å²) in [6, 6.07) is 0. The van der Waals surface area contributed by atoms with Crippen molar-refractivity contribution in [1.82, 2.24) is 10.6 Å². The van der Waals surface area contributed by atoms with E-state index in [4.69, 9.17) is 9.47 Å². The van der Waals surface area contributed by atoms with Gasteiger partial charge in [-0.3, -0.25) is 5.32 Å². The molecular formula is C12H22N3O4. The molecule has 2 amide bonds. The predicted molar refractivity (Wildman–Crippen MR) is 71.5 cm³/mol. The Bertz CT molecular complexity index is 364. The van der Waals surface area contributed by atoms with E-state index in [9.17, 15) is 9.59 Å². The lowest BCUT2D eigenvalue weighted by Crippen LogP contribution is -2.42. The Morgan fingerprint density at radius 3 is 1.84 bits per heavy atom. The highest BCUT2D eigenvalue weighted by atomic mass is 16.6. The lowest BCUT2D eigenvalue weighted by molar-refractivity contribution is 0.0561. The fourth-order valence-electron chi connectivity index (χ4n) is 0.888. The third kappa shape index (κ3) is 9.87. The topological polar surface area (TPSA) is 89.0 Å². The summed E-state index contributed by atoms with van der Waals surface area (Å²) in [7, 11) is 3.33. The minimum Gasteiger partial charge on any atom is -0.444 e. The summed E-state index contributed by atoms with van der Waals surface area (Å²) in [6.07, 6.45) is -1.58. The van der Waals surface area contributed by atoms with Gasteiger partial charge in [-0.05, 0) is 41.5 Å². The van der Waals surface area contributed by atoms with Gasteiger partial charge in [0.05, 0.1) is 0 Å². The normalized spacial score (nSPS) is 12.7. The van der Waals surface area contributed by atoms with Crippen molar-refractivity contribution in [2.75, 3.05) is 0 Å². The smallest absolute Gasteiger partial charge is 0.437 e. The monoisotopic (exact) mass is 272 g/mol. The third-order valence-corrected chi connectivity index (χ3v) is 1.38. The molecule has 1 radical (unpaired) electrons. The van der Waals surface area contributed by atoms with Crippen LogP contribution < -0.4 is 10.6 Å². The van der Waals surface area contributed by atoms with Crippen LogP contribution >= 0.6 is 0 Å². The molecule has 0 aliphatic rings. The highest BCUT2D eigenvalue weighted by molar-refractivity contribution is 5.98. The summed E-state index contributed by atoms with van der Waals surface area (Å²) >= 11 is 0. The van der Waals surface area contributed by atoms with Gasteiger partial charge in [0.2, 0.25) is 5.96 Å². The van der Waals surface area contributed by atoms with Gasteiger partial charge in [0.1, 0.15) is 11.2 Å². The second kappa shape index (κ2) is 6.40. The molecule has 0 unspecified atom stereocenters. The molecule has 109 valence electrons. The van der Waals surface area contributed by atoms with E-state index >= 15 is 0 Å². The molecule has 0 bridgehead atoms. The van der Waals surface area contributed by atoms with Gasteiger partial charge in [-0.25, -0.2) is 9.59 Å². The van der Waals surface area contributed by atoms with E-state index in [1.165, 1.54) is 0 Å². The number of aliphatic imine (C=N–C) groups is 1. The first-order valence-electron chi connectivity index (χ1n) is 5.78. The predicted octanol–water partition coefficient (Wildman–Crippen LogP) is 2.18.